The molecule has 5 nitrogen and oxygen atoms in total. The molecular formula is C135H93N3O2S3Si. The highest BCUT2D eigenvalue weighted by molar-refractivity contribution is 8.05. The lowest BCUT2D eigenvalue weighted by Gasteiger charge is -2.40. The molecule has 9 heteroatoms. The van der Waals surface area contributed by atoms with Gasteiger partial charge >= 0.3 is 0 Å². The van der Waals surface area contributed by atoms with Crippen molar-refractivity contribution in [2.45, 2.75) is 48.6 Å². The Labute approximate surface area is 852 Å². The predicted octanol–water partition coefficient (Wildman–Crippen LogP) is 36.1. The fraction of sp³-hybridized carbons (Fsp3) is 0.0222. The van der Waals surface area contributed by atoms with Crippen molar-refractivity contribution in [1.29, 1.82) is 0 Å². The number of ether oxygens (including phenoxy) is 2. The fourth-order valence-corrected chi connectivity index (χ4v) is 31.8. The molecule has 28 rings (SSSR count). The molecule has 0 atom stereocenters. The van der Waals surface area contributed by atoms with Crippen molar-refractivity contribution in [3.8, 4) is 67.5 Å². The second-order valence-corrected chi connectivity index (χ2v) is 44.5. The Morgan fingerprint density at radius 3 is 1.25 bits per heavy atom. The lowest BCUT2D eigenvalue weighted by atomic mass is 9.82. The van der Waals surface area contributed by atoms with Gasteiger partial charge in [0.2, 0.25) is 0 Å². The molecule has 1 aliphatic carbocycles. The van der Waals surface area contributed by atoms with Crippen LogP contribution in [0.5, 0.6) is 23.0 Å². The minimum absolute atomic E-state index is 0.100. The summed E-state index contributed by atoms with van der Waals surface area (Å²) < 4.78 is 12.5. The molecule has 24 aromatic carbocycles. The van der Waals surface area contributed by atoms with Gasteiger partial charge in [-0.05, 0) is 264 Å². The zero-order valence-electron chi connectivity index (χ0n) is 79.1. The Bertz CT molecular complexity index is 9020. The van der Waals surface area contributed by atoms with Crippen LogP contribution in [-0.4, -0.2) is 8.07 Å². The molecule has 682 valence electrons. The number of benzene rings is 24. The van der Waals surface area contributed by atoms with E-state index in [1.165, 1.54) is 171 Å². The van der Waals surface area contributed by atoms with Gasteiger partial charge in [-0.3, -0.25) is 0 Å². The van der Waals surface area contributed by atoms with Crippen molar-refractivity contribution in [2.24, 2.45) is 0 Å². The third-order valence-electron chi connectivity index (χ3n) is 29.0. The third-order valence-corrected chi connectivity index (χ3v) is 38.1. The van der Waals surface area contributed by atoms with Crippen molar-refractivity contribution in [3.05, 3.63) is 539 Å². The van der Waals surface area contributed by atoms with Crippen LogP contribution in [0.1, 0.15) is 25.0 Å². The molecule has 3 heterocycles. The van der Waals surface area contributed by atoms with E-state index in [2.05, 4.69) is 520 Å². The van der Waals surface area contributed by atoms with E-state index >= 15 is 0 Å². The zero-order valence-corrected chi connectivity index (χ0v) is 82.6. The minimum Gasteiger partial charge on any atom is -0.449 e. The Hall–Kier alpha value is -16.9. The fourth-order valence-electron chi connectivity index (χ4n) is 22.3. The lowest BCUT2D eigenvalue weighted by molar-refractivity contribution is 0.361. The van der Waals surface area contributed by atoms with E-state index in [0.717, 1.165) is 73.9 Å². The van der Waals surface area contributed by atoms with Gasteiger partial charge in [-0.2, -0.15) is 0 Å². The van der Waals surface area contributed by atoms with Gasteiger partial charge in [-0.1, -0.05) is 437 Å². The van der Waals surface area contributed by atoms with E-state index in [-0.39, 0.29) is 5.41 Å². The van der Waals surface area contributed by atoms with E-state index in [9.17, 15) is 0 Å². The summed E-state index contributed by atoms with van der Waals surface area (Å²) in [7, 11) is -2.66. The average molecular weight is 1910 g/mol. The lowest BCUT2D eigenvalue weighted by Crippen LogP contribution is -2.76. The number of hydrogen-bond donors (Lipinski definition) is 0. The first kappa shape index (κ1) is 87.4. The quantitative estimate of drug-likeness (QED) is 0.0786. The molecular weight excluding hydrogens is 1820 g/mol. The number of hydrogen-bond acceptors (Lipinski definition) is 8. The molecule has 144 heavy (non-hydrogen) atoms. The predicted molar refractivity (Wildman–Crippen MR) is 611 cm³/mol. The Morgan fingerprint density at radius 2 is 0.597 bits per heavy atom. The molecule has 4 aliphatic rings. The molecule has 0 radical (unpaired) electrons. The highest BCUT2D eigenvalue weighted by Gasteiger charge is 2.48. The average Bonchev–Trinajstić information content (AvgIpc) is 0.802. The molecule has 0 spiro atoms. The summed E-state index contributed by atoms with van der Waals surface area (Å²) in [6.07, 6.45) is 0. The van der Waals surface area contributed by atoms with Crippen LogP contribution in [-0.2, 0) is 5.41 Å². The van der Waals surface area contributed by atoms with Crippen molar-refractivity contribution < 1.29 is 9.47 Å². The van der Waals surface area contributed by atoms with Gasteiger partial charge in [-0.15, -0.1) is 0 Å². The van der Waals surface area contributed by atoms with Crippen LogP contribution < -0.4 is 44.9 Å². The largest absolute Gasteiger partial charge is 0.449 e. The smallest absolute Gasteiger partial charge is 0.181 e. The highest BCUT2D eigenvalue weighted by atomic mass is 32.2. The van der Waals surface area contributed by atoms with E-state index in [1.54, 1.807) is 0 Å². The molecule has 3 aliphatic heterocycles. The van der Waals surface area contributed by atoms with E-state index < -0.39 is 8.07 Å². The number of fused-ring (bicyclic) bond motifs is 19. The van der Waals surface area contributed by atoms with Crippen molar-refractivity contribution >= 4 is 180 Å². The zero-order chi connectivity index (χ0) is 95.8. The van der Waals surface area contributed by atoms with Gasteiger partial charge in [0.05, 0.1) is 11.4 Å². The second kappa shape index (κ2) is 37.0. The Kier molecular flexibility index (Phi) is 22.4. The normalized spacial score (nSPS) is 12.9. The topological polar surface area (TPSA) is 28.2 Å². The summed E-state index contributed by atoms with van der Waals surface area (Å²) in [6.45, 7) is 4.73. The first-order valence-electron chi connectivity index (χ1n) is 49.1. The van der Waals surface area contributed by atoms with E-state index in [0.29, 0.717) is 0 Å². The summed E-state index contributed by atoms with van der Waals surface area (Å²) in [5.74, 6) is 2.91. The molecule has 0 saturated carbocycles. The third kappa shape index (κ3) is 15.4. The van der Waals surface area contributed by atoms with Gasteiger partial charge in [0, 0.05) is 90.9 Å². The van der Waals surface area contributed by atoms with Gasteiger partial charge in [0.15, 0.2) is 31.1 Å². The maximum Gasteiger partial charge on any atom is 0.181 e. The summed E-state index contributed by atoms with van der Waals surface area (Å²) in [5, 5.41) is 20.8. The van der Waals surface area contributed by atoms with Gasteiger partial charge < -0.3 is 24.2 Å². The van der Waals surface area contributed by atoms with E-state index in [4.69, 9.17) is 9.47 Å². The van der Waals surface area contributed by atoms with Crippen molar-refractivity contribution in [3.63, 3.8) is 0 Å². The number of para-hydroxylation sites is 5. The first-order chi connectivity index (χ1) is 71.2. The minimum atomic E-state index is -2.66. The molecule has 0 saturated heterocycles. The van der Waals surface area contributed by atoms with Crippen molar-refractivity contribution in [2.75, 3.05) is 14.7 Å². The van der Waals surface area contributed by atoms with Crippen LogP contribution in [0.25, 0.3) is 109 Å². The Balaban J connectivity index is 0.000000112. The van der Waals surface area contributed by atoms with Crippen molar-refractivity contribution in [1.82, 2.24) is 0 Å². The van der Waals surface area contributed by atoms with Gasteiger partial charge in [0.25, 0.3) is 0 Å². The van der Waals surface area contributed by atoms with Crippen LogP contribution in [0.3, 0.4) is 0 Å². The second-order valence-electron chi connectivity index (χ2n) is 37.5. The maximum absolute atomic E-state index is 6.35. The highest BCUT2D eigenvalue weighted by Crippen LogP contribution is 2.57. The SMILES string of the molecule is CC1(C)c2ccccc2-c2ccc(N(c3ccc(-c4cccc5c4Sc4ccccc4[Si]5(c4ccccc4)c4ccccc4)cc3)c3cccc4ccccc34)cc21.c1ccc(N(c2ccc(-c3cccc4c3Oc3ccccc3O4)cc2)c2ccc3c4ccccc4c4ccccc4c3c2)cc1.c1ccc(N(c2ccc(-c3cccc4c3Sc3ccccc3S4)cc2)c2cc3ccccc3c3ccccc23)cc1. The molecule has 0 fully saturated rings. The van der Waals surface area contributed by atoms with Crippen LogP contribution in [0.15, 0.2) is 557 Å². The molecule has 0 unspecified atom stereocenters. The molecule has 0 amide bonds. The van der Waals surface area contributed by atoms with Gasteiger partial charge in [0.1, 0.15) is 0 Å². The summed E-state index contributed by atoms with van der Waals surface area (Å²) in [4.78, 5) is 15.2. The monoisotopic (exact) mass is 1910 g/mol. The van der Waals surface area contributed by atoms with Gasteiger partial charge in [-0.25, -0.2) is 0 Å². The summed E-state index contributed by atoms with van der Waals surface area (Å²) in [5.41, 5.74) is 22.6. The summed E-state index contributed by atoms with van der Waals surface area (Å²) >= 11 is 5.68. The molecule has 0 bridgehead atoms. The number of anilines is 9. The van der Waals surface area contributed by atoms with Crippen LogP contribution in [0.4, 0.5) is 51.2 Å². The molecule has 0 N–H and O–H groups in total. The van der Waals surface area contributed by atoms with E-state index in [1.807, 2.05) is 71.7 Å². The van der Waals surface area contributed by atoms with Crippen LogP contribution >= 0.6 is 35.3 Å². The number of nitrogens with zero attached hydrogens (tertiary/aromatic N) is 3. The summed E-state index contributed by atoms with van der Waals surface area (Å²) in [6, 6.07) is 192. The molecule has 0 aromatic heterocycles. The maximum atomic E-state index is 6.35. The Morgan fingerprint density at radius 1 is 0.208 bits per heavy atom. The first-order valence-corrected chi connectivity index (χ1v) is 53.6. The molecule has 24 aromatic rings. The van der Waals surface area contributed by atoms with Crippen LogP contribution in [0, 0.1) is 0 Å². The number of rotatable bonds is 14. The standard InChI is InChI=1S/C55H41NSSi.C42H27NO2.C38H25NS2/c1-55(2)48-26-12-11-24-46(48)47-36-35-41(37-49(47)55)56(50-27-15-18-38-17-9-10-23-44(38)50)40-33-31-39(32-34-40)45-25-16-30-53-54(45)57-51-28-13-14-29-52(51)58(53,42-19-5-3-6-20-42)43-21-7-4-8-22-43;1-2-11-29(12-3-1)43(31-25-26-37-35-15-5-4-13-33(35)34-14-6-7-16-36(34)38(37)27-31)30-23-21-28(22-24-30)32-17-10-20-41-42(32)45-40-19-9-8-18-39(40)44-41;1-2-12-28(13-3-1)39(34-25-27-11-4-5-14-30(27)32-15-6-7-16-33(32)34)29-23-21-26(22-24-29)31-17-10-20-37-38(31)41-36-19-9-8-18-35(36)40-37/h3-37H,1-2H3;1-27H;1-25H. The van der Waals surface area contributed by atoms with Crippen LogP contribution in [0.2, 0.25) is 0 Å².